The van der Waals surface area contributed by atoms with Gasteiger partial charge in [-0.3, -0.25) is 10.1 Å². The minimum Gasteiger partial charge on any atom is -0.324 e. The van der Waals surface area contributed by atoms with Crippen LogP contribution in [0.5, 0.6) is 0 Å². The smallest absolute Gasteiger partial charge is 0.292 e. The maximum atomic E-state index is 10.7. The van der Waals surface area contributed by atoms with Crippen molar-refractivity contribution in [3.63, 3.8) is 0 Å². The fourth-order valence-electron chi connectivity index (χ4n) is 1.24. The van der Waals surface area contributed by atoms with Crippen molar-refractivity contribution >= 4 is 17.3 Å². The van der Waals surface area contributed by atoms with E-state index in [1.807, 2.05) is 6.92 Å². The first-order valence-electron chi connectivity index (χ1n) is 4.26. The molecular formula is C9H11ClN2O2. The molecule has 0 amide bonds. The Bertz CT molecular complexity index is 355. The second-order valence-electron chi connectivity index (χ2n) is 2.95. The van der Waals surface area contributed by atoms with Gasteiger partial charge in [0.05, 0.1) is 4.92 Å². The Kier molecular flexibility index (Phi) is 3.43. The molecule has 0 radical (unpaired) electrons. The first-order chi connectivity index (χ1) is 6.57. The van der Waals surface area contributed by atoms with Crippen molar-refractivity contribution in [3.05, 3.63) is 38.9 Å². The zero-order valence-corrected chi connectivity index (χ0v) is 8.49. The standard InChI is InChI=1S/C9H11ClN2O2/c1-2-8(11)6-4-3-5-7(10)9(6)12(13)14/h3-5,8H,2,11H2,1H3/t8-/m0/s1. The molecule has 1 rings (SSSR count). The predicted molar refractivity (Wildman–Crippen MR) is 55.3 cm³/mol. The summed E-state index contributed by atoms with van der Waals surface area (Å²) in [4.78, 5) is 10.2. The molecule has 1 aromatic carbocycles. The first-order valence-corrected chi connectivity index (χ1v) is 4.64. The van der Waals surface area contributed by atoms with Gasteiger partial charge in [-0.2, -0.15) is 0 Å². The molecule has 0 spiro atoms. The van der Waals surface area contributed by atoms with Crippen molar-refractivity contribution in [2.75, 3.05) is 0 Å². The third-order valence-electron chi connectivity index (χ3n) is 2.04. The second-order valence-corrected chi connectivity index (χ2v) is 3.36. The van der Waals surface area contributed by atoms with Crippen LogP contribution >= 0.6 is 11.6 Å². The van der Waals surface area contributed by atoms with E-state index in [4.69, 9.17) is 17.3 Å². The Labute approximate surface area is 86.8 Å². The van der Waals surface area contributed by atoms with E-state index in [9.17, 15) is 10.1 Å². The molecule has 0 heterocycles. The van der Waals surface area contributed by atoms with Crippen molar-refractivity contribution in [1.29, 1.82) is 0 Å². The Morgan fingerprint density at radius 1 is 1.64 bits per heavy atom. The number of benzene rings is 1. The van der Waals surface area contributed by atoms with Gasteiger partial charge in [-0.1, -0.05) is 30.7 Å². The highest BCUT2D eigenvalue weighted by atomic mass is 35.5. The fourth-order valence-corrected chi connectivity index (χ4v) is 1.49. The molecule has 2 N–H and O–H groups in total. The van der Waals surface area contributed by atoms with Crippen LogP contribution in [0.25, 0.3) is 0 Å². The molecule has 0 unspecified atom stereocenters. The molecule has 5 heteroatoms. The number of nitro groups is 1. The maximum absolute atomic E-state index is 10.7. The molecule has 76 valence electrons. The molecule has 0 aliphatic carbocycles. The quantitative estimate of drug-likeness (QED) is 0.621. The van der Waals surface area contributed by atoms with Crippen LogP contribution in [0.4, 0.5) is 5.69 Å². The van der Waals surface area contributed by atoms with Gasteiger partial charge in [-0.25, -0.2) is 0 Å². The topological polar surface area (TPSA) is 69.2 Å². The fraction of sp³-hybridized carbons (Fsp3) is 0.333. The van der Waals surface area contributed by atoms with Crippen molar-refractivity contribution in [2.24, 2.45) is 5.73 Å². The molecule has 0 fully saturated rings. The Morgan fingerprint density at radius 2 is 2.29 bits per heavy atom. The molecule has 0 saturated carbocycles. The van der Waals surface area contributed by atoms with Gasteiger partial charge in [0.15, 0.2) is 0 Å². The molecule has 0 aliphatic rings. The molecule has 0 bridgehead atoms. The summed E-state index contributed by atoms with van der Waals surface area (Å²) in [5, 5.41) is 10.9. The molecular weight excluding hydrogens is 204 g/mol. The van der Waals surface area contributed by atoms with Gasteiger partial charge >= 0.3 is 0 Å². The average molecular weight is 215 g/mol. The minimum atomic E-state index is -0.493. The molecule has 0 aliphatic heterocycles. The number of nitrogens with two attached hydrogens (primary N) is 1. The summed E-state index contributed by atoms with van der Waals surface area (Å²) >= 11 is 5.73. The largest absolute Gasteiger partial charge is 0.324 e. The average Bonchev–Trinajstić information content (AvgIpc) is 2.15. The highest BCUT2D eigenvalue weighted by Crippen LogP contribution is 2.32. The summed E-state index contributed by atoms with van der Waals surface area (Å²) in [5.41, 5.74) is 6.15. The number of hydrogen-bond acceptors (Lipinski definition) is 3. The summed E-state index contributed by atoms with van der Waals surface area (Å²) in [6.07, 6.45) is 0.640. The van der Waals surface area contributed by atoms with E-state index in [1.54, 1.807) is 12.1 Å². The van der Waals surface area contributed by atoms with E-state index in [-0.39, 0.29) is 16.8 Å². The lowest BCUT2D eigenvalue weighted by molar-refractivity contribution is -0.385. The van der Waals surface area contributed by atoms with Gasteiger partial charge in [0.1, 0.15) is 5.02 Å². The molecule has 1 atom stereocenters. The highest BCUT2D eigenvalue weighted by Gasteiger charge is 2.21. The zero-order valence-electron chi connectivity index (χ0n) is 7.74. The summed E-state index contributed by atoms with van der Waals surface area (Å²) in [6.45, 7) is 1.87. The van der Waals surface area contributed by atoms with Crippen molar-refractivity contribution in [3.8, 4) is 0 Å². The summed E-state index contributed by atoms with van der Waals surface area (Å²) in [5.74, 6) is 0. The lowest BCUT2D eigenvalue weighted by Crippen LogP contribution is -2.11. The molecule has 1 aromatic rings. The van der Waals surface area contributed by atoms with Crippen LogP contribution in [0.15, 0.2) is 18.2 Å². The normalized spacial score (nSPS) is 12.5. The Hall–Kier alpha value is -1.13. The first kappa shape index (κ1) is 10.9. The molecule has 0 saturated heterocycles. The van der Waals surface area contributed by atoms with Gasteiger partial charge in [0.25, 0.3) is 5.69 Å². The molecule has 4 nitrogen and oxygen atoms in total. The number of para-hydroxylation sites is 1. The monoisotopic (exact) mass is 214 g/mol. The summed E-state index contributed by atoms with van der Waals surface area (Å²) in [6, 6.07) is 4.46. The van der Waals surface area contributed by atoms with E-state index in [0.717, 1.165) is 0 Å². The molecule has 14 heavy (non-hydrogen) atoms. The Morgan fingerprint density at radius 3 is 2.79 bits per heavy atom. The van der Waals surface area contributed by atoms with Crippen LogP contribution in [0.1, 0.15) is 24.9 Å². The second kappa shape index (κ2) is 4.39. The van der Waals surface area contributed by atoms with Crippen molar-refractivity contribution in [1.82, 2.24) is 0 Å². The number of rotatable bonds is 3. The maximum Gasteiger partial charge on any atom is 0.292 e. The van der Waals surface area contributed by atoms with Gasteiger partial charge in [0.2, 0.25) is 0 Å². The number of hydrogen-bond donors (Lipinski definition) is 1. The summed E-state index contributed by atoms with van der Waals surface area (Å²) < 4.78 is 0. The molecule has 0 aromatic heterocycles. The SMILES string of the molecule is CC[C@H](N)c1cccc(Cl)c1[N+](=O)[O-]. The summed E-state index contributed by atoms with van der Waals surface area (Å²) in [7, 11) is 0. The van der Waals surface area contributed by atoms with Crippen LogP contribution in [0.3, 0.4) is 0 Å². The van der Waals surface area contributed by atoms with Crippen LogP contribution < -0.4 is 5.73 Å². The minimum absolute atomic E-state index is 0.0801. The van der Waals surface area contributed by atoms with Crippen LogP contribution in [-0.4, -0.2) is 4.92 Å². The van der Waals surface area contributed by atoms with Crippen LogP contribution in [0, 0.1) is 10.1 Å². The van der Waals surface area contributed by atoms with E-state index >= 15 is 0 Å². The highest BCUT2D eigenvalue weighted by molar-refractivity contribution is 6.32. The lowest BCUT2D eigenvalue weighted by atomic mass is 10.0. The van der Waals surface area contributed by atoms with Crippen LogP contribution in [0.2, 0.25) is 5.02 Å². The van der Waals surface area contributed by atoms with E-state index < -0.39 is 4.92 Å². The van der Waals surface area contributed by atoms with Gasteiger partial charge in [-0.15, -0.1) is 0 Å². The van der Waals surface area contributed by atoms with Crippen LogP contribution in [-0.2, 0) is 0 Å². The van der Waals surface area contributed by atoms with Gasteiger partial charge < -0.3 is 5.73 Å². The van der Waals surface area contributed by atoms with E-state index in [1.165, 1.54) is 6.07 Å². The number of halogens is 1. The third kappa shape index (κ3) is 2.02. The number of nitrogens with zero attached hydrogens (tertiary/aromatic N) is 1. The van der Waals surface area contributed by atoms with Gasteiger partial charge in [-0.05, 0) is 12.5 Å². The van der Waals surface area contributed by atoms with Crippen molar-refractivity contribution < 1.29 is 4.92 Å². The zero-order chi connectivity index (χ0) is 10.7. The van der Waals surface area contributed by atoms with Crippen molar-refractivity contribution in [2.45, 2.75) is 19.4 Å². The Balaban J connectivity index is 3.28. The predicted octanol–water partition coefficient (Wildman–Crippen LogP) is 2.66. The lowest BCUT2D eigenvalue weighted by Gasteiger charge is -2.09. The van der Waals surface area contributed by atoms with Gasteiger partial charge in [0, 0.05) is 11.6 Å². The third-order valence-corrected chi connectivity index (χ3v) is 2.34. The van der Waals surface area contributed by atoms with E-state index in [2.05, 4.69) is 0 Å². The van der Waals surface area contributed by atoms with E-state index in [0.29, 0.717) is 12.0 Å². The number of nitro benzene ring substituents is 1.